The Morgan fingerprint density at radius 2 is 2.08 bits per heavy atom. The van der Waals surface area contributed by atoms with Gasteiger partial charge in [-0.15, -0.1) is 35.3 Å². The first-order valence-corrected chi connectivity index (χ1v) is 9.72. The van der Waals surface area contributed by atoms with Gasteiger partial charge in [-0.3, -0.25) is 4.99 Å². The molecular weight excluding hydrogens is 463 g/mol. The molecule has 0 atom stereocenters. The van der Waals surface area contributed by atoms with E-state index < -0.39 is 0 Å². The maximum absolute atomic E-state index is 5.25. The van der Waals surface area contributed by atoms with Gasteiger partial charge in [-0.05, 0) is 13.3 Å². The fourth-order valence-electron chi connectivity index (χ4n) is 2.12. The van der Waals surface area contributed by atoms with Crippen LogP contribution in [-0.2, 0) is 19.3 Å². The number of guanidine groups is 1. The molecule has 146 valence electrons. The first-order valence-electron chi connectivity index (χ1n) is 8.90. The van der Waals surface area contributed by atoms with E-state index in [1.807, 2.05) is 6.20 Å². The third kappa shape index (κ3) is 7.56. The van der Waals surface area contributed by atoms with Gasteiger partial charge >= 0.3 is 0 Å². The summed E-state index contributed by atoms with van der Waals surface area (Å²) in [6, 6.07) is 0. The molecule has 0 fully saturated rings. The molecule has 2 aromatic rings. The number of halogens is 1. The Kier molecular flexibility index (Phi) is 10.7. The van der Waals surface area contributed by atoms with Gasteiger partial charge in [-0.25, -0.2) is 4.98 Å². The molecule has 0 unspecified atom stereocenters. The van der Waals surface area contributed by atoms with E-state index in [0.29, 0.717) is 25.4 Å². The summed E-state index contributed by atoms with van der Waals surface area (Å²) in [7, 11) is 0. The van der Waals surface area contributed by atoms with E-state index in [9.17, 15) is 0 Å². The lowest BCUT2D eigenvalue weighted by Crippen LogP contribution is -2.38. The Balaban J connectivity index is 0.00000338. The summed E-state index contributed by atoms with van der Waals surface area (Å²) in [4.78, 5) is 14.7. The number of nitrogens with zero attached hydrogens (tertiary/aromatic N) is 4. The molecule has 0 radical (unpaired) electrons. The molecule has 2 heterocycles. The summed E-state index contributed by atoms with van der Waals surface area (Å²) in [5, 5.41) is 11.7. The highest BCUT2D eigenvalue weighted by molar-refractivity contribution is 14.0. The molecule has 0 saturated heterocycles. The van der Waals surface area contributed by atoms with Crippen molar-refractivity contribution < 1.29 is 4.52 Å². The quantitative estimate of drug-likeness (QED) is 0.318. The van der Waals surface area contributed by atoms with Crippen LogP contribution in [0.1, 0.15) is 55.2 Å². The van der Waals surface area contributed by atoms with Crippen LogP contribution in [0.25, 0.3) is 0 Å². The van der Waals surface area contributed by atoms with Crippen molar-refractivity contribution >= 4 is 41.3 Å². The van der Waals surface area contributed by atoms with Gasteiger partial charge < -0.3 is 15.2 Å². The van der Waals surface area contributed by atoms with E-state index in [4.69, 9.17) is 4.52 Å². The van der Waals surface area contributed by atoms with Crippen LogP contribution in [0.2, 0.25) is 0 Å². The van der Waals surface area contributed by atoms with E-state index >= 15 is 0 Å². The van der Waals surface area contributed by atoms with Gasteiger partial charge in [0.2, 0.25) is 5.89 Å². The Labute approximate surface area is 176 Å². The average Bonchev–Trinajstić information content (AvgIpc) is 3.24. The molecule has 7 nitrogen and oxygen atoms in total. The maximum Gasteiger partial charge on any atom is 0.228 e. The summed E-state index contributed by atoms with van der Waals surface area (Å²) in [6.45, 7) is 10.5. The second-order valence-electron chi connectivity index (χ2n) is 5.96. The SMILES string of the molecule is CCNC(=NCCc1ncc(CC)s1)NCCc1nc(C(C)C)no1.I. The van der Waals surface area contributed by atoms with Gasteiger partial charge in [0, 0.05) is 49.5 Å². The Morgan fingerprint density at radius 3 is 2.69 bits per heavy atom. The number of aromatic nitrogens is 3. The summed E-state index contributed by atoms with van der Waals surface area (Å²) < 4.78 is 5.25. The molecule has 0 bridgehead atoms. The number of hydrogen-bond acceptors (Lipinski definition) is 6. The predicted molar refractivity (Wildman–Crippen MR) is 117 cm³/mol. The van der Waals surface area contributed by atoms with Crippen molar-refractivity contribution in [2.75, 3.05) is 19.6 Å². The minimum absolute atomic E-state index is 0. The van der Waals surface area contributed by atoms with E-state index in [2.05, 4.69) is 58.4 Å². The minimum atomic E-state index is 0. The number of aliphatic imine (C=N–C) groups is 1. The van der Waals surface area contributed by atoms with Crippen molar-refractivity contribution in [2.45, 2.75) is 52.9 Å². The van der Waals surface area contributed by atoms with Crippen LogP contribution in [-0.4, -0.2) is 40.7 Å². The molecule has 0 aliphatic rings. The standard InChI is InChI=1S/C17H28N6OS.HI/c1-5-13-11-21-15(25-13)8-10-20-17(18-6-2)19-9-7-14-22-16(12(3)4)23-24-14;/h11-12H,5-10H2,1-4H3,(H2,18,19,20);1H. The predicted octanol–water partition coefficient (Wildman–Crippen LogP) is 3.17. The summed E-state index contributed by atoms with van der Waals surface area (Å²) in [6.07, 6.45) is 4.54. The Bertz CT molecular complexity index is 670. The minimum Gasteiger partial charge on any atom is -0.357 e. The third-order valence-corrected chi connectivity index (χ3v) is 4.72. The first kappa shape index (κ1) is 22.8. The topological polar surface area (TPSA) is 88.2 Å². The monoisotopic (exact) mass is 492 g/mol. The molecule has 2 aromatic heterocycles. The molecule has 9 heteroatoms. The molecule has 2 N–H and O–H groups in total. The molecule has 0 amide bonds. The third-order valence-electron chi connectivity index (χ3n) is 3.52. The van der Waals surface area contributed by atoms with Crippen molar-refractivity contribution in [1.29, 1.82) is 0 Å². The lowest BCUT2D eigenvalue weighted by atomic mass is 10.2. The summed E-state index contributed by atoms with van der Waals surface area (Å²) in [5.41, 5.74) is 0. The first-order chi connectivity index (χ1) is 12.1. The normalized spacial score (nSPS) is 11.5. The molecule has 0 aliphatic carbocycles. The van der Waals surface area contributed by atoms with Crippen LogP contribution in [0.3, 0.4) is 0 Å². The number of hydrogen-bond donors (Lipinski definition) is 2. The maximum atomic E-state index is 5.25. The van der Waals surface area contributed by atoms with Gasteiger partial charge in [0.1, 0.15) is 0 Å². The average molecular weight is 492 g/mol. The van der Waals surface area contributed by atoms with Gasteiger partial charge in [-0.1, -0.05) is 25.9 Å². The Morgan fingerprint density at radius 1 is 1.27 bits per heavy atom. The van der Waals surface area contributed by atoms with E-state index in [1.54, 1.807) is 11.3 Å². The molecule has 0 saturated carbocycles. The molecular formula is C17H29IN6OS. The van der Waals surface area contributed by atoms with Crippen LogP contribution in [0, 0.1) is 0 Å². The van der Waals surface area contributed by atoms with Gasteiger partial charge in [-0.2, -0.15) is 4.98 Å². The smallest absolute Gasteiger partial charge is 0.228 e. The number of rotatable bonds is 9. The second-order valence-corrected chi connectivity index (χ2v) is 7.16. The fourth-order valence-corrected chi connectivity index (χ4v) is 2.98. The number of thiazole rings is 1. The highest BCUT2D eigenvalue weighted by Gasteiger charge is 2.09. The second kappa shape index (κ2) is 12.2. The van der Waals surface area contributed by atoms with Crippen molar-refractivity contribution in [3.05, 3.63) is 27.8 Å². The van der Waals surface area contributed by atoms with E-state index in [1.165, 1.54) is 4.88 Å². The van der Waals surface area contributed by atoms with Crippen LogP contribution >= 0.6 is 35.3 Å². The van der Waals surface area contributed by atoms with Gasteiger partial charge in [0.15, 0.2) is 11.8 Å². The van der Waals surface area contributed by atoms with Crippen LogP contribution < -0.4 is 10.6 Å². The van der Waals surface area contributed by atoms with Crippen LogP contribution in [0.5, 0.6) is 0 Å². The molecule has 0 aliphatic heterocycles. The van der Waals surface area contributed by atoms with Crippen molar-refractivity contribution in [3.63, 3.8) is 0 Å². The lowest BCUT2D eigenvalue weighted by Gasteiger charge is -2.09. The zero-order valence-electron chi connectivity index (χ0n) is 15.9. The molecule has 0 spiro atoms. The van der Waals surface area contributed by atoms with Gasteiger partial charge in [0.25, 0.3) is 0 Å². The zero-order valence-corrected chi connectivity index (χ0v) is 19.1. The van der Waals surface area contributed by atoms with Crippen molar-refractivity contribution in [3.8, 4) is 0 Å². The van der Waals surface area contributed by atoms with E-state index in [0.717, 1.165) is 36.2 Å². The molecule has 26 heavy (non-hydrogen) atoms. The molecule has 2 rings (SSSR count). The van der Waals surface area contributed by atoms with Crippen LogP contribution in [0.15, 0.2) is 15.7 Å². The Hall–Kier alpha value is -1.23. The van der Waals surface area contributed by atoms with Crippen LogP contribution in [0.4, 0.5) is 0 Å². The largest absolute Gasteiger partial charge is 0.357 e. The summed E-state index contributed by atoms with van der Waals surface area (Å²) in [5.74, 6) is 2.49. The highest BCUT2D eigenvalue weighted by Crippen LogP contribution is 2.13. The number of aryl methyl sites for hydroxylation is 1. The fraction of sp³-hybridized carbons (Fsp3) is 0.647. The molecule has 0 aromatic carbocycles. The van der Waals surface area contributed by atoms with Crippen molar-refractivity contribution in [2.24, 2.45) is 4.99 Å². The zero-order chi connectivity index (χ0) is 18.1. The summed E-state index contributed by atoms with van der Waals surface area (Å²) >= 11 is 1.77. The van der Waals surface area contributed by atoms with Crippen molar-refractivity contribution in [1.82, 2.24) is 25.8 Å². The number of nitrogens with one attached hydrogen (secondary N) is 2. The lowest BCUT2D eigenvalue weighted by molar-refractivity contribution is 0.371. The van der Waals surface area contributed by atoms with Gasteiger partial charge in [0.05, 0.1) is 5.01 Å². The highest BCUT2D eigenvalue weighted by atomic mass is 127. The van der Waals surface area contributed by atoms with E-state index in [-0.39, 0.29) is 29.9 Å².